The SMILES string of the molecule is Cc1ccc(C(=O)NC(C)(C)C(N)=S)s1. The average molecular weight is 242 g/mol. The van der Waals surface area contributed by atoms with Gasteiger partial charge in [-0.2, -0.15) is 0 Å². The number of amides is 1. The van der Waals surface area contributed by atoms with Crippen molar-refractivity contribution in [1.29, 1.82) is 0 Å². The smallest absolute Gasteiger partial charge is 0.262 e. The van der Waals surface area contributed by atoms with Crippen LogP contribution in [0.3, 0.4) is 0 Å². The number of aryl methyl sites for hydroxylation is 1. The molecule has 0 unspecified atom stereocenters. The van der Waals surface area contributed by atoms with E-state index in [1.807, 2.05) is 13.0 Å². The lowest BCUT2D eigenvalue weighted by molar-refractivity contribution is 0.0936. The fourth-order valence-corrected chi connectivity index (χ4v) is 1.78. The topological polar surface area (TPSA) is 55.1 Å². The third-order valence-electron chi connectivity index (χ3n) is 2.01. The minimum absolute atomic E-state index is 0.133. The van der Waals surface area contributed by atoms with E-state index in [1.54, 1.807) is 19.9 Å². The monoisotopic (exact) mass is 242 g/mol. The molecule has 0 fully saturated rings. The number of thiocarbonyl (C=S) groups is 1. The maximum absolute atomic E-state index is 11.8. The van der Waals surface area contributed by atoms with Gasteiger partial charge >= 0.3 is 0 Å². The Bertz CT molecular complexity index is 396. The lowest BCUT2D eigenvalue weighted by atomic mass is 10.1. The molecule has 0 bridgehead atoms. The summed E-state index contributed by atoms with van der Waals surface area (Å²) in [6.07, 6.45) is 0. The van der Waals surface area contributed by atoms with Gasteiger partial charge in [0.25, 0.3) is 5.91 Å². The molecule has 1 aromatic heterocycles. The largest absolute Gasteiger partial charge is 0.391 e. The summed E-state index contributed by atoms with van der Waals surface area (Å²) in [7, 11) is 0. The van der Waals surface area contributed by atoms with Crippen LogP contribution in [0, 0.1) is 6.92 Å². The van der Waals surface area contributed by atoms with Gasteiger partial charge in [-0.05, 0) is 32.9 Å². The summed E-state index contributed by atoms with van der Waals surface area (Å²) in [4.78, 5) is 13.8. The number of nitrogens with two attached hydrogens (primary N) is 1. The molecule has 5 heteroatoms. The molecule has 1 aromatic rings. The second kappa shape index (κ2) is 4.28. The maximum Gasteiger partial charge on any atom is 0.262 e. The molecule has 15 heavy (non-hydrogen) atoms. The summed E-state index contributed by atoms with van der Waals surface area (Å²) in [6.45, 7) is 5.53. The Morgan fingerprint density at radius 3 is 2.53 bits per heavy atom. The van der Waals surface area contributed by atoms with Crippen molar-refractivity contribution in [3.63, 3.8) is 0 Å². The lowest BCUT2D eigenvalue weighted by Crippen LogP contribution is -2.51. The van der Waals surface area contributed by atoms with Crippen molar-refractivity contribution >= 4 is 34.5 Å². The van der Waals surface area contributed by atoms with Crippen LogP contribution in [0.1, 0.15) is 28.4 Å². The van der Waals surface area contributed by atoms with Crippen LogP contribution in [0.2, 0.25) is 0 Å². The van der Waals surface area contributed by atoms with Gasteiger partial charge in [0.1, 0.15) is 0 Å². The predicted octanol–water partition coefficient (Wildman–Crippen LogP) is 1.85. The van der Waals surface area contributed by atoms with E-state index in [4.69, 9.17) is 18.0 Å². The van der Waals surface area contributed by atoms with Crippen molar-refractivity contribution in [1.82, 2.24) is 5.32 Å². The number of hydrogen-bond donors (Lipinski definition) is 2. The van der Waals surface area contributed by atoms with Crippen LogP contribution < -0.4 is 11.1 Å². The van der Waals surface area contributed by atoms with E-state index < -0.39 is 5.54 Å². The molecule has 0 aliphatic carbocycles. The summed E-state index contributed by atoms with van der Waals surface area (Å²) >= 11 is 6.32. The summed E-state index contributed by atoms with van der Waals surface area (Å²) in [5.74, 6) is -0.133. The molecule has 1 heterocycles. The van der Waals surface area contributed by atoms with Crippen molar-refractivity contribution in [3.8, 4) is 0 Å². The fourth-order valence-electron chi connectivity index (χ4n) is 0.964. The molecule has 0 radical (unpaired) electrons. The third-order valence-corrected chi connectivity index (χ3v) is 3.52. The molecule has 82 valence electrons. The fraction of sp³-hybridized carbons (Fsp3) is 0.400. The Balaban J connectivity index is 2.76. The minimum Gasteiger partial charge on any atom is -0.391 e. The van der Waals surface area contributed by atoms with E-state index in [1.165, 1.54) is 11.3 Å². The van der Waals surface area contributed by atoms with E-state index in [0.29, 0.717) is 4.88 Å². The van der Waals surface area contributed by atoms with Crippen LogP contribution in [-0.4, -0.2) is 16.4 Å². The highest BCUT2D eigenvalue weighted by atomic mass is 32.1. The molecule has 0 aliphatic heterocycles. The first-order valence-electron chi connectivity index (χ1n) is 4.52. The molecular weight excluding hydrogens is 228 g/mol. The van der Waals surface area contributed by atoms with Crippen LogP contribution in [0.25, 0.3) is 0 Å². The Hall–Kier alpha value is -0.940. The number of hydrogen-bond acceptors (Lipinski definition) is 3. The molecule has 0 saturated heterocycles. The molecule has 1 amide bonds. The van der Waals surface area contributed by atoms with Crippen molar-refractivity contribution in [3.05, 3.63) is 21.9 Å². The molecule has 0 spiro atoms. The first-order valence-corrected chi connectivity index (χ1v) is 5.74. The Morgan fingerprint density at radius 1 is 1.53 bits per heavy atom. The summed E-state index contributed by atoms with van der Waals surface area (Å²) in [5.41, 5.74) is 4.87. The molecule has 3 nitrogen and oxygen atoms in total. The van der Waals surface area contributed by atoms with E-state index in [0.717, 1.165) is 4.88 Å². The van der Waals surface area contributed by atoms with Gasteiger partial charge in [0, 0.05) is 4.88 Å². The van der Waals surface area contributed by atoms with Gasteiger partial charge in [0.05, 0.1) is 15.4 Å². The maximum atomic E-state index is 11.8. The van der Waals surface area contributed by atoms with Gasteiger partial charge in [-0.15, -0.1) is 11.3 Å². The minimum atomic E-state index is -0.649. The van der Waals surface area contributed by atoms with E-state index in [9.17, 15) is 4.79 Å². The second-order valence-electron chi connectivity index (χ2n) is 3.85. The lowest BCUT2D eigenvalue weighted by Gasteiger charge is -2.24. The van der Waals surface area contributed by atoms with Gasteiger partial charge < -0.3 is 11.1 Å². The quantitative estimate of drug-likeness (QED) is 0.795. The zero-order valence-electron chi connectivity index (χ0n) is 8.96. The van der Waals surface area contributed by atoms with Crippen LogP contribution in [0.4, 0.5) is 0 Å². The first kappa shape index (κ1) is 12.1. The first-order chi connectivity index (χ1) is 6.83. The average Bonchev–Trinajstić information content (AvgIpc) is 2.50. The number of carbonyl (C=O) groups is 1. The number of rotatable bonds is 3. The highest BCUT2D eigenvalue weighted by Crippen LogP contribution is 2.16. The van der Waals surface area contributed by atoms with Gasteiger partial charge in [-0.25, -0.2) is 0 Å². The molecule has 0 aliphatic rings. The van der Waals surface area contributed by atoms with Crippen LogP contribution >= 0.6 is 23.6 Å². The van der Waals surface area contributed by atoms with Gasteiger partial charge in [-0.3, -0.25) is 4.79 Å². The van der Waals surface area contributed by atoms with Crippen LogP contribution in [-0.2, 0) is 0 Å². The highest BCUT2D eigenvalue weighted by molar-refractivity contribution is 7.80. The molecule has 1 rings (SSSR count). The van der Waals surface area contributed by atoms with Crippen molar-refractivity contribution in [2.45, 2.75) is 26.3 Å². The Morgan fingerprint density at radius 2 is 2.13 bits per heavy atom. The number of nitrogens with one attached hydrogen (secondary N) is 1. The predicted molar refractivity (Wildman–Crippen MR) is 67.4 cm³/mol. The van der Waals surface area contributed by atoms with E-state index in [-0.39, 0.29) is 10.9 Å². The summed E-state index contributed by atoms with van der Waals surface area (Å²) in [5, 5.41) is 2.79. The van der Waals surface area contributed by atoms with Gasteiger partial charge in [-0.1, -0.05) is 12.2 Å². The van der Waals surface area contributed by atoms with Gasteiger partial charge in [0.2, 0.25) is 0 Å². The van der Waals surface area contributed by atoms with Crippen LogP contribution in [0.5, 0.6) is 0 Å². The molecule has 0 atom stereocenters. The molecule has 3 N–H and O–H groups in total. The summed E-state index contributed by atoms with van der Waals surface area (Å²) < 4.78 is 0. The molecule has 0 saturated carbocycles. The van der Waals surface area contributed by atoms with E-state index >= 15 is 0 Å². The van der Waals surface area contributed by atoms with Crippen molar-refractivity contribution in [2.75, 3.05) is 0 Å². The standard InChI is InChI=1S/C10H14N2OS2/c1-6-4-5-7(15-6)8(13)12-10(2,3)9(11)14/h4-5H,1-3H3,(H2,11,14)(H,12,13). The zero-order chi connectivity index (χ0) is 11.6. The summed E-state index contributed by atoms with van der Waals surface area (Å²) in [6, 6.07) is 3.71. The molecule has 0 aromatic carbocycles. The van der Waals surface area contributed by atoms with Crippen molar-refractivity contribution in [2.24, 2.45) is 5.73 Å². The third kappa shape index (κ3) is 3.00. The Kier molecular flexibility index (Phi) is 3.46. The number of carbonyl (C=O) groups excluding carboxylic acids is 1. The number of thiophene rings is 1. The highest BCUT2D eigenvalue weighted by Gasteiger charge is 2.24. The van der Waals surface area contributed by atoms with Crippen LogP contribution in [0.15, 0.2) is 12.1 Å². The second-order valence-corrected chi connectivity index (χ2v) is 5.58. The van der Waals surface area contributed by atoms with Gasteiger partial charge in [0.15, 0.2) is 0 Å². The Labute approximate surface area is 98.7 Å². The molecular formula is C10H14N2OS2. The van der Waals surface area contributed by atoms with E-state index in [2.05, 4.69) is 5.32 Å². The normalized spacial score (nSPS) is 11.1. The zero-order valence-corrected chi connectivity index (χ0v) is 10.6. The van der Waals surface area contributed by atoms with Crippen molar-refractivity contribution < 1.29 is 4.79 Å².